The van der Waals surface area contributed by atoms with Gasteiger partial charge in [0.1, 0.15) is 5.60 Å². The lowest BCUT2D eigenvalue weighted by molar-refractivity contribution is 0.0184. The average Bonchev–Trinajstić information content (AvgIpc) is 2.44. The summed E-state index contributed by atoms with van der Waals surface area (Å²) in [6.07, 6.45) is 2.99. The number of carbonyl (C=O) groups excluding carboxylic acids is 1. The molecule has 1 heterocycles. The van der Waals surface area contributed by atoms with Crippen molar-refractivity contribution in [3.8, 4) is 0 Å². The van der Waals surface area contributed by atoms with Crippen LogP contribution in [-0.4, -0.2) is 56.0 Å². The molecule has 0 aromatic carbocycles. The van der Waals surface area contributed by atoms with Crippen LogP contribution in [0.25, 0.3) is 0 Å². The van der Waals surface area contributed by atoms with E-state index in [-0.39, 0.29) is 6.09 Å². The van der Waals surface area contributed by atoms with Crippen LogP contribution in [0.2, 0.25) is 0 Å². The molecular weight excluding hydrogens is 292 g/mol. The number of carbonyl (C=O) groups is 1. The lowest BCUT2D eigenvalue weighted by Crippen LogP contribution is -2.43. The third-order valence-electron chi connectivity index (χ3n) is 3.79. The summed E-state index contributed by atoms with van der Waals surface area (Å²) in [6.45, 7) is 15.4. The van der Waals surface area contributed by atoms with Crippen LogP contribution in [0.4, 0.5) is 4.79 Å². The van der Waals surface area contributed by atoms with Gasteiger partial charge in [0.25, 0.3) is 0 Å². The van der Waals surface area contributed by atoms with Gasteiger partial charge < -0.3 is 19.7 Å². The fraction of sp³-hybridized carbons (Fsp3) is 0.944. The molecule has 1 saturated heterocycles. The Labute approximate surface area is 142 Å². The van der Waals surface area contributed by atoms with E-state index in [2.05, 4.69) is 19.2 Å². The fourth-order valence-corrected chi connectivity index (χ4v) is 2.57. The van der Waals surface area contributed by atoms with Gasteiger partial charge in [-0.25, -0.2) is 4.79 Å². The van der Waals surface area contributed by atoms with Gasteiger partial charge in [-0.1, -0.05) is 13.8 Å². The summed E-state index contributed by atoms with van der Waals surface area (Å²) < 4.78 is 11.0. The Balaban J connectivity index is 2.05. The second kappa shape index (κ2) is 10.1. The van der Waals surface area contributed by atoms with Crippen molar-refractivity contribution < 1.29 is 14.3 Å². The first-order chi connectivity index (χ1) is 10.8. The molecule has 136 valence electrons. The smallest absolute Gasteiger partial charge is 0.410 e. The summed E-state index contributed by atoms with van der Waals surface area (Å²) in [5.41, 5.74) is -0.410. The van der Waals surface area contributed by atoms with Gasteiger partial charge >= 0.3 is 6.09 Å². The maximum atomic E-state index is 12.0. The summed E-state index contributed by atoms with van der Waals surface area (Å²) in [5.74, 6) is 1.27. The lowest BCUT2D eigenvalue weighted by Gasteiger charge is -2.33. The first-order valence-corrected chi connectivity index (χ1v) is 9.04. The van der Waals surface area contributed by atoms with Crippen LogP contribution in [0.5, 0.6) is 0 Å². The van der Waals surface area contributed by atoms with Crippen molar-refractivity contribution in [3.05, 3.63) is 0 Å². The number of ether oxygens (including phenoxy) is 2. The predicted octanol–water partition coefficient (Wildman–Crippen LogP) is 3.29. The summed E-state index contributed by atoms with van der Waals surface area (Å²) in [5, 5.41) is 3.51. The molecule has 0 aliphatic carbocycles. The summed E-state index contributed by atoms with van der Waals surface area (Å²) in [4.78, 5) is 13.8. The van der Waals surface area contributed by atoms with E-state index < -0.39 is 5.60 Å². The van der Waals surface area contributed by atoms with Gasteiger partial charge in [-0.3, -0.25) is 0 Å². The van der Waals surface area contributed by atoms with Crippen molar-refractivity contribution >= 4 is 6.09 Å². The minimum absolute atomic E-state index is 0.175. The Hall–Kier alpha value is -0.810. The third kappa shape index (κ3) is 9.82. The largest absolute Gasteiger partial charge is 0.444 e. The van der Waals surface area contributed by atoms with E-state index >= 15 is 0 Å². The van der Waals surface area contributed by atoms with Gasteiger partial charge in [0.15, 0.2) is 0 Å². The molecule has 1 aliphatic heterocycles. The molecule has 1 rings (SSSR count). The van der Waals surface area contributed by atoms with Crippen LogP contribution in [0.15, 0.2) is 0 Å². The first-order valence-electron chi connectivity index (χ1n) is 9.04. The molecule has 1 amide bonds. The highest BCUT2D eigenvalue weighted by atomic mass is 16.6. The van der Waals surface area contributed by atoms with E-state index in [0.29, 0.717) is 11.8 Å². The van der Waals surface area contributed by atoms with Crippen LogP contribution in [-0.2, 0) is 9.47 Å². The van der Waals surface area contributed by atoms with Gasteiger partial charge in [0.2, 0.25) is 0 Å². The third-order valence-corrected chi connectivity index (χ3v) is 3.79. The Morgan fingerprint density at radius 2 is 1.91 bits per heavy atom. The normalized spacial score (nSPS) is 16.9. The standard InChI is InChI=1S/C18H36N2O3/c1-15(2)14-22-12-6-9-19-13-16-7-10-20(11-8-16)17(21)23-18(3,4)5/h15-16,19H,6-14H2,1-5H3. The van der Waals surface area contributed by atoms with Gasteiger partial charge in [-0.2, -0.15) is 0 Å². The molecule has 0 radical (unpaired) electrons. The van der Waals surface area contributed by atoms with Crippen molar-refractivity contribution in [1.29, 1.82) is 0 Å². The molecule has 0 bridgehead atoms. The zero-order valence-electron chi connectivity index (χ0n) is 15.7. The maximum absolute atomic E-state index is 12.0. The number of nitrogens with one attached hydrogen (secondary N) is 1. The van der Waals surface area contributed by atoms with Crippen molar-refractivity contribution in [2.45, 2.75) is 59.5 Å². The average molecular weight is 328 g/mol. The highest BCUT2D eigenvalue weighted by Gasteiger charge is 2.26. The monoisotopic (exact) mass is 328 g/mol. The van der Waals surface area contributed by atoms with Gasteiger partial charge in [0.05, 0.1) is 0 Å². The fourth-order valence-electron chi connectivity index (χ4n) is 2.57. The van der Waals surface area contributed by atoms with E-state index in [4.69, 9.17) is 9.47 Å². The lowest BCUT2D eigenvalue weighted by atomic mass is 9.97. The Morgan fingerprint density at radius 1 is 1.26 bits per heavy atom. The number of hydrogen-bond donors (Lipinski definition) is 1. The quantitative estimate of drug-likeness (QED) is 0.695. The van der Waals surface area contributed by atoms with Crippen molar-refractivity contribution in [3.63, 3.8) is 0 Å². The van der Waals surface area contributed by atoms with Crippen LogP contribution < -0.4 is 5.32 Å². The minimum Gasteiger partial charge on any atom is -0.444 e. The van der Waals surface area contributed by atoms with Gasteiger partial charge in [0, 0.05) is 26.3 Å². The van der Waals surface area contributed by atoms with Crippen LogP contribution >= 0.6 is 0 Å². The zero-order chi connectivity index (χ0) is 17.3. The van der Waals surface area contributed by atoms with Gasteiger partial charge in [-0.15, -0.1) is 0 Å². The Kier molecular flexibility index (Phi) is 8.92. The van der Waals surface area contributed by atoms with E-state index in [0.717, 1.165) is 58.7 Å². The van der Waals surface area contributed by atoms with Crippen molar-refractivity contribution in [1.82, 2.24) is 10.2 Å². The van der Waals surface area contributed by atoms with E-state index in [1.54, 1.807) is 0 Å². The number of likely N-dealkylation sites (tertiary alicyclic amines) is 1. The molecule has 1 N–H and O–H groups in total. The molecule has 23 heavy (non-hydrogen) atoms. The second-order valence-electron chi connectivity index (χ2n) is 7.94. The topological polar surface area (TPSA) is 50.8 Å². The molecule has 0 aromatic heterocycles. The molecule has 1 fully saturated rings. The first kappa shape index (κ1) is 20.2. The number of hydrogen-bond acceptors (Lipinski definition) is 4. The summed E-state index contributed by atoms with van der Waals surface area (Å²) in [7, 11) is 0. The second-order valence-corrected chi connectivity index (χ2v) is 7.94. The Morgan fingerprint density at radius 3 is 2.48 bits per heavy atom. The maximum Gasteiger partial charge on any atom is 0.410 e. The van der Waals surface area contributed by atoms with Crippen LogP contribution in [0.3, 0.4) is 0 Å². The van der Waals surface area contributed by atoms with Crippen molar-refractivity contribution in [2.24, 2.45) is 11.8 Å². The zero-order valence-corrected chi connectivity index (χ0v) is 15.7. The number of piperidine rings is 1. The van der Waals surface area contributed by atoms with E-state index in [1.165, 1.54) is 0 Å². The molecule has 5 heteroatoms. The Bertz CT molecular complexity index is 332. The molecule has 1 aliphatic rings. The highest BCUT2D eigenvalue weighted by molar-refractivity contribution is 5.68. The summed E-state index contributed by atoms with van der Waals surface area (Å²) >= 11 is 0. The highest BCUT2D eigenvalue weighted by Crippen LogP contribution is 2.19. The molecule has 0 unspecified atom stereocenters. The van der Waals surface area contributed by atoms with Crippen LogP contribution in [0, 0.1) is 11.8 Å². The number of rotatable bonds is 8. The number of amides is 1. The van der Waals surface area contributed by atoms with Crippen LogP contribution in [0.1, 0.15) is 53.9 Å². The molecule has 0 atom stereocenters. The predicted molar refractivity (Wildman–Crippen MR) is 93.7 cm³/mol. The van der Waals surface area contributed by atoms with E-state index in [9.17, 15) is 4.79 Å². The van der Waals surface area contributed by atoms with Crippen molar-refractivity contribution in [2.75, 3.05) is 39.4 Å². The summed E-state index contributed by atoms with van der Waals surface area (Å²) in [6, 6.07) is 0. The minimum atomic E-state index is -0.410. The van der Waals surface area contributed by atoms with E-state index in [1.807, 2.05) is 25.7 Å². The molecule has 0 aromatic rings. The number of nitrogens with zero attached hydrogens (tertiary/aromatic N) is 1. The molecular formula is C18H36N2O3. The molecule has 0 saturated carbocycles. The molecule has 5 nitrogen and oxygen atoms in total. The molecule has 0 spiro atoms. The SMILES string of the molecule is CC(C)COCCCNCC1CCN(C(=O)OC(C)(C)C)CC1. The van der Waals surface area contributed by atoms with Gasteiger partial charge in [-0.05, 0) is 65.0 Å².